The van der Waals surface area contributed by atoms with Crippen LogP contribution >= 0.6 is 0 Å². The second-order valence-electron chi connectivity index (χ2n) is 9.59. The first-order chi connectivity index (χ1) is 14.4. The predicted octanol–water partition coefficient (Wildman–Crippen LogP) is 4.87. The summed E-state index contributed by atoms with van der Waals surface area (Å²) in [6, 6.07) is 14.9. The zero-order valence-electron chi connectivity index (χ0n) is 17.2. The molecule has 5 nitrogen and oxygen atoms in total. The van der Waals surface area contributed by atoms with Crippen molar-refractivity contribution in [1.82, 2.24) is 0 Å². The number of amides is 1. The number of ether oxygens (including phenoxy) is 1. The van der Waals surface area contributed by atoms with Gasteiger partial charge in [0.25, 0.3) is 0 Å². The number of carboxylic acids is 1. The number of benzene rings is 2. The summed E-state index contributed by atoms with van der Waals surface area (Å²) in [4.78, 5) is 24.8. The molecule has 2 aromatic carbocycles. The SMILES string of the molecule is COc1ccc(C23CC4CC(CC(C(=O)Nc5cccc(C(=O)O)c5)(C4)C2)C3)cc1. The van der Waals surface area contributed by atoms with E-state index in [0.29, 0.717) is 17.5 Å². The lowest BCUT2D eigenvalue weighted by molar-refractivity contribution is -0.143. The number of carbonyl (C=O) groups excluding carboxylic acids is 1. The number of nitrogens with one attached hydrogen (secondary N) is 1. The Labute approximate surface area is 176 Å². The molecule has 156 valence electrons. The van der Waals surface area contributed by atoms with Crippen molar-refractivity contribution in [2.45, 2.75) is 43.9 Å². The Balaban J connectivity index is 1.44. The van der Waals surface area contributed by atoms with Crippen LogP contribution in [0.2, 0.25) is 0 Å². The van der Waals surface area contributed by atoms with Crippen LogP contribution in [0, 0.1) is 17.3 Å². The second kappa shape index (κ2) is 6.86. The molecule has 4 aliphatic rings. The normalized spacial score (nSPS) is 31.4. The molecule has 4 saturated carbocycles. The minimum absolute atomic E-state index is 0.0522. The van der Waals surface area contributed by atoms with Crippen molar-refractivity contribution in [3.63, 3.8) is 0 Å². The average molecular weight is 405 g/mol. The molecular formula is C25H27NO4. The summed E-state index contributed by atoms with van der Waals surface area (Å²) in [5, 5.41) is 12.3. The van der Waals surface area contributed by atoms with Gasteiger partial charge in [0.2, 0.25) is 5.91 Å². The molecule has 4 aliphatic carbocycles. The van der Waals surface area contributed by atoms with Gasteiger partial charge in [0.1, 0.15) is 5.75 Å². The van der Waals surface area contributed by atoms with Crippen LogP contribution < -0.4 is 10.1 Å². The molecule has 30 heavy (non-hydrogen) atoms. The first-order valence-electron chi connectivity index (χ1n) is 10.7. The molecule has 0 heterocycles. The number of aromatic carboxylic acids is 1. The number of hydrogen-bond donors (Lipinski definition) is 2. The van der Waals surface area contributed by atoms with Gasteiger partial charge in [0.15, 0.2) is 0 Å². The third-order valence-electron chi connectivity index (χ3n) is 7.61. The first kappa shape index (κ1) is 19.2. The monoisotopic (exact) mass is 405 g/mol. The maximum atomic E-state index is 13.5. The average Bonchev–Trinajstić information content (AvgIpc) is 2.73. The highest BCUT2D eigenvalue weighted by atomic mass is 16.5. The summed E-state index contributed by atoms with van der Waals surface area (Å²) in [6.45, 7) is 0. The van der Waals surface area contributed by atoms with Crippen LogP contribution in [-0.4, -0.2) is 24.1 Å². The van der Waals surface area contributed by atoms with Gasteiger partial charge < -0.3 is 15.2 Å². The standard InChI is InChI=1S/C25H27NO4/c1-30-21-7-5-19(6-8-21)24-11-16-9-17(12-24)14-25(13-16,15-24)23(29)26-20-4-2-3-18(10-20)22(27)28/h2-8,10,16-17H,9,11-15H2,1H3,(H,26,29)(H,27,28). The molecule has 1 amide bonds. The van der Waals surface area contributed by atoms with Crippen LogP contribution in [0.15, 0.2) is 48.5 Å². The van der Waals surface area contributed by atoms with Gasteiger partial charge in [0.05, 0.1) is 18.1 Å². The van der Waals surface area contributed by atoms with Gasteiger partial charge in [-0.2, -0.15) is 0 Å². The third-order valence-corrected chi connectivity index (χ3v) is 7.61. The summed E-state index contributed by atoms with van der Waals surface area (Å²) in [7, 11) is 1.68. The Morgan fingerprint density at radius 1 is 1.03 bits per heavy atom. The lowest BCUT2D eigenvalue weighted by atomic mass is 9.42. The Kier molecular flexibility index (Phi) is 4.38. The molecule has 4 bridgehead atoms. The number of hydrogen-bond acceptors (Lipinski definition) is 3. The molecule has 0 spiro atoms. The third kappa shape index (κ3) is 3.08. The van der Waals surface area contributed by atoms with Crippen LogP contribution in [0.4, 0.5) is 5.69 Å². The lowest BCUT2D eigenvalue weighted by Crippen LogP contribution is -2.57. The van der Waals surface area contributed by atoms with E-state index in [-0.39, 0.29) is 22.3 Å². The van der Waals surface area contributed by atoms with E-state index in [1.165, 1.54) is 12.0 Å². The highest BCUT2D eigenvalue weighted by Gasteiger charge is 2.60. The molecule has 0 radical (unpaired) electrons. The first-order valence-corrected chi connectivity index (χ1v) is 10.7. The molecule has 2 unspecified atom stereocenters. The molecule has 2 N–H and O–H groups in total. The number of carboxylic acid groups (broad SMARTS) is 1. The van der Waals surface area contributed by atoms with E-state index >= 15 is 0 Å². The summed E-state index contributed by atoms with van der Waals surface area (Å²) in [5.74, 6) is 1.07. The molecular weight excluding hydrogens is 378 g/mol. The molecule has 5 heteroatoms. The van der Waals surface area contributed by atoms with Gasteiger partial charge in [-0.1, -0.05) is 18.2 Å². The zero-order chi connectivity index (χ0) is 20.9. The van der Waals surface area contributed by atoms with Crippen molar-refractivity contribution in [2.75, 3.05) is 12.4 Å². The van der Waals surface area contributed by atoms with Gasteiger partial charge in [-0.25, -0.2) is 4.79 Å². The van der Waals surface area contributed by atoms with Crippen LogP contribution in [0.3, 0.4) is 0 Å². The van der Waals surface area contributed by atoms with Crippen LogP contribution in [0.25, 0.3) is 0 Å². The van der Waals surface area contributed by atoms with Gasteiger partial charge >= 0.3 is 5.97 Å². The quantitative estimate of drug-likeness (QED) is 0.744. The Hall–Kier alpha value is -2.82. The minimum Gasteiger partial charge on any atom is -0.497 e. The maximum absolute atomic E-state index is 13.5. The molecule has 4 fully saturated rings. The maximum Gasteiger partial charge on any atom is 0.335 e. The summed E-state index contributed by atoms with van der Waals surface area (Å²) < 4.78 is 5.33. The molecule has 6 rings (SSSR count). The number of anilines is 1. The van der Waals surface area contributed by atoms with E-state index in [4.69, 9.17) is 4.74 Å². The minimum atomic E-state index is -0.987. The molecule has 0 saturated heterocycles. The summed E-state index contributed by atoms with van der Waals surface area (Å²) in [5.41, 5.74) is 1.75. The fourth-order valence-corrected chi connectivity index (χ4v) is 6.80. The van der Waals surface area contributed by atoms with E-state index in [9.17, 15) is 14.7 Å². The van der Waals surface area contributed by atoms with Crippen molar-refractivity contribution < 1.29 is 19.4 Å². The lowest BCUT2D eigenvalue weighted by Gasteiger charge is -2.61. The zero-order valence-corrected chi connectivity index (χ0v) is 17.2. The van der Waals surface area contributed by atoms with E-state index in [1.807, 2.05) is 12.1 Å². The smallest absolute Gasteiger partial charge is 0.335 e. The van der Waals surface area contributed by atoms with Crippen molar-refractivity contribution >= 4 is 17.6 Å². The van der Waals surface area contributed by atoms with Crippen LogP contribution in [0.1, 0.15) is 54.4 Å². The Morgan fingerprint density at radius 2 is 1.73 bits per heavy atom. The van der Waals surface area contributed by atoms with E-state index in [1.54, 1.807) is 31.4 Å². The number of methoxy groups -OCH3 is 1. The predicted molar refractivity (Wildman–Crippen MR) is 114 cm³/mol. The van der Waals surface area contributed by atoms with Crippen LogP contribution in [0.5, 0.6) is 5.75 Å². The van der Waals surface area contributed by atoms with Crippen molar-refractivity contribution in [3.8, 4) is 5.75 Å². The highest BCUT2D eigenvalue weighted by molar-refractivity contribution is 5.97. The topological polar surface area (TPSA) is 75.6 Å². The molecule has 0 aromatic heterocycles. The molecule has 2 atom stereocenters. The fraction of sp³-hybridized carbons (Fsp3) is 0.440. The van der Waals surface area contributed by atoms with Crippen molar-refractivity contribution in [3.05, 3.63) is 59.7 Å². The largest absolute Gasteiger partial charge is 0.497 e. The van der Waals surface area contributed by atoms with Gasteiger partial charge in [0, 0.05) is 5.69 Å². The highest BCUT2D eigenvalue weighted by Crippen LogP contribution is 2.66. The van der Waals surface area contributed by atoms with Crippen molar-refractivity contribution in [1.29, 1.82) is 0 Å². The summed E-state index contributed by atoms with van der Waals surface area (Å²) >= 11 is 0. The molecule has 0 aliphatic heterocycles. The van der Waals surface area contributed by atoms with E-state index < -0.39 is 5.97 Å². The number of rotatable bonds is 5. The Bertz CT molecular complexity index is 982. The second-order valence-corrected chi connectivity index (χ2v) is 9.59. The van der Waals surface area contributed by atoms with E-state index in [0.717, 1.165) is 37.9 Å². The van der Waals surface area contributed by atoms with Gasteiger partial charge in [-0.05, 0) is 91.7 Å². The Morgan fingerprint density at radius 3 is 2.37 bits per heavy atom. The number of carbonyl (C=O) groups is 2. The van der Waals surface area contributed by atoms with Gasteiger partial charge in [-0.15, -0.1) is 0 Å². The fourth-order valence-electron chi connectivity index (χ4n) is 6.80. The summed E-state index contributed by atoms with van der Waals surface area (Å²) in [6.07, 6.45) is 6.27. The van der Waals surface area contributed by atoms with Crippen LogP contribution in [-0.2, 0) is 10.2 Å². The van der Waals surface area contributed by atoms with E-state index in [2.05, 4.69) is 17.4 Å². The van der Waals surface area contributed by atoms with Gasteiger partial charge in [-0.3, -0.25) is 4.79 Å². The molecule has 2 aromatic rings. The van der Waals surface area contributed by atoms with Crippen molar-refractivity contribution in [2.24, 2.45) is 17.3 Å².